The Labute approximate surface area is 136 Å². The predicted molar refractivity (Wildman–Crippen MR) is 91.7 cm³/mol. The SMILES string of the molecule is CCC(NCC1(N(C)C)CCCC1)c1cc(Br)ccc1O. The molecule has 1 aromatic rings. The summed E-state index contributed by atoms with van der Waals surface area (Å²) in [6.45, 7) is 3.14. The molecule has 2 rings (SSSR count). The summed E-state index contributed by atoms with van der Waals surface area (Å²) >= 11 is 3.50. The molecule has 21 heavy (non-hydrogen) atoms. The van der Waals surface area contributed by atoms with Gasteiger partial charge in [0.15, 0.2) is 0 Å². The van der Waals surface area contributed by atoms with E-state index in [1.165, 1.54) is 25.7 Å². The van der Waals surface area contributed by atoms with Gasteiger partial charge < -0.3 is 15.3 Å². The number of phenolic OH excluding ortho intramolecular Hbond substituents is 1. The second-order valence-electron chi connectivity index (χ2n) is 6.37. The van der Waals surface area contributed by atoms with Crippen LogP contribution in [0.15, 0.2) is 22.7 Å². The Morgan fingerprint density at radius 2 is 2.00 bits per heavy atom. The Hall–Kier alpha value is -0.580. The standard InChI is InChI=1S/C17H27BrN2O/c1-4-15(14-11-13(18)7-8-16(14)21)19-12-17(20(2)3)9-5-6-10-17/h7-8,11,15,19,21H,4-6,9-10,12H2,1-3H3. The molecule has 1 saturated carbocycles. The van der Waals surface area contributed by atoms with Crippen molar-refractivity contribution in [2.24, 2.45) is 0 Å². The van der Waals surface area contributed by atoms with Crippen LogP contribution in [0.3, 0.4) is 0 Å². The van der Waals surface area contributed by atoms with E-state index in [-0.39, 0.29) is 11.6 Å². The highest BCUT2D eigenvalue weighted by molar-refractivity contribution is 9.10. The summed E-state index contributed by atoms with van der Waals surface area (Å²) < 4.78 is 1.01. The fourth-order valence-corrected chi connectivity index (χ4v) is 3.79. The minimum atomic E-state index is 0.194. The van der Waals surface area contributed by atoms with Crippen LogP contribution in [0.2, 0.25) is 0 Å². The van der Waals surface area contributed by atoms with Crippen LogP contribution < -0.4 is 5.32 Å². The Morgan fingerprint density at radius 3 is 2.57 bits per heavy atom. The highest BCUT2D eigenvalue weighted by Crippen LogP contribution is 2.35. The maximum absolute atomic E-state index is 10.1. The number of phenols is 1. The summed E-state index contributed by atoms with van der Waals surface area (Å²) in [5.41, 5.74) is 1.26. The summed E-state index contributed by atoms with van der Waals surface area (Å²) in [7, 11) is 4.37. The molecule has 1 unspecified atom stereocenters. The molecule has 2 N–H and O–H groups in total. The molecular weight excluding hydrogens is 328 g/mol. The fourth-order valence-electron chi connectivity index (χ4n) is 3.41. The molecule has 0 bridgehead atoms. The summed E-state index contributed by atoms with van der Waals surface area (Å²) in [5.74, 6) is 0.378. The molecule has 4 heteroatoms. The number of rotatable bonds is 6. The first-order valence-electron chi connectivity index (χ1n) is 7.88. The van der Waals surface area contributed by atoms with Gasteiger partial charge in [0, 0.05) is 28.2 Å². The molecule has 1 atom stereocenters. The molecule has 0 spiro atoms. The molecule has 0 radical (unpaired) electrons. The minimum Gasteiger partial charge on any atom is -0.508 e. The van der Waals surface area contributed by atoms with E-state index < -0.39 is 0 Å². The average Bonchev–Trinajstić information content (AvgIpc) is 2.93. The number of nitrogens with zero attached hydrogens (tertiary/aromatic N) is 1. The summed E-state index contributed by atoms with van der Waals surface area (Å²) in [6.07, 6.45) is 6.12. The number of nitrogens with one attached hydrogen (secondary N) is 1. The van der Waals surface area contributed by atoms with Crippen LogP contribution in [0.25, 0.3) is 0 Å². The van der Waals surface area contributed by atoms with Crippen LogP contribution >= 0.6 is 15.9 Å². The van der Waals surface area contributed by atoms with Gasteiger partial charge in [-0.15, -0.1) is 0 Å². The molecule has 1 aliphatic rings. The molecule has 3 nitrogen and oxygen atoms in total. The van der Waals surface area contributed by atoms with Crippen LogP contribution in [0, 0.1) is 0 Å². The van der Waals surface area contributed by atoms with Crippen molar-refractivity contribution in [2.75, 3.05) is 20.6 Å². The monoisotopic (exact) mass is 354 g/mol. The molecule has 0 aromatic heterocycles. The number of hydrogen-bond donors (Lipinski definition) is 2. The second kappa shape index (κ2) is 7.12. The lowest BCUT2D eigenvalue weighted by Crippen LogP contribution is -2.50. The topological polar surface area (TPSA) is 35.5 Å². The highest BCUT2D eigenvalue weighted by Gasteiger charge is 2.36. The maximum Gasteiger partial charge on any atom is 0.120 e. The number of aromatic hydroxyl groups is 1. The first kappa shape index (κ1) is 16.8. The largest absolute Gasteiger partial charge is 0.508 e. The number of halogens is 1. The van der Waals surface area contributed by atoms with Gasteiger partial charge in [-0.05, 0) is 51.6 Å². The van der Waals surface area contributed by atoms with Gasteiger partial charge >= 0.3 is 0 Å². The van der Waals surface area contributed by atoms with Crippen LogP contribution in [-0.2, 0) is 0 Å². The quantitative estimate of drug-likeness (QED) is 0.808. The third kappa shape index (κ3) is 3.79. The van der Waals surface area contributed by atoms with Crippen molar-refractivity contribution < 1.29 is 5.11 Å². The van der Waals surface area contributed by atoms with Gasteiger partial charge in [0.05, 0.1) is 0 Å². The lowest BCUT2D eigenvalue weighted by atomic mass is 9.94. The van der Waals surface area contributed by atoms with Crippen LogP contribution in [-0.4, -0.2) is 36.2 Å². The maximum atomic E-state index is 10.1. The predicted octanol–water partition coefficient (Wildman–Crippen LogP) is 4.07. The third-order valence-electron chi connectivity index (χ3n) is 4.93. The van der Waals surface area contributed by atoms with Crippen LogP contribution in [0.4, 0.5) is 0 Å². The molecule has 0 heterocycles. The molecule has 0 saturated heterocycles. The van der Waals surface area contributed by atoms with Gasteiger partial charge in [-0.3, -0.25) is 0 Å². The number of hydrogen-bond acceptors (Lipinski definition) is 3. The van der Waals surface area contributed by atoms with Crippen molar-refractivity contribution in [1.29, 1.82) is 0 Å². The van der Waals surface area contributed by atoms with Crippen molar-refractivity contribution in [2.45, 2.75) is 50.6 Å². The van der Waals surface area contributed by atoms with Gasteiger partial charge in [0.2, 0.25) is 0 Å². The third-order valence-corrected chi connectivity index (χ3v) is 5.43. The minimum absolute atomic E-state index is 0.194. The van der Waals surface area contributed by atoms with E-state index in [2.05, 4.69) is 47.2 Å². The zero-order chi connectivity index (χ0) is 15.5. The van der Waals surface area contributed by atoms with E-state index in [0.717, 1.165) is 23.0 Å². The van der Waals surface area contributed by atoms with Crippen LogP contribution in [0.1, 0.15) is 50.6 Å². The first-order valence-corrected chi connectivity index (χ1v) is 8.67. The Morgan fingerprint density at radius 1 is 1.33 bits per heavy atom. The van der Waals surface area contributed by atoms with E-state index in [1.807, 2.05) is 12.1 Å². The molecule has 1 fully saturated rings. The molecule has 0 aliphatic heterocycles. The van der Waals surface area contributed by atoms with Crippen molar-refractivity contribution >= 4 is 15.9 Å². The van der Waals surface area contributed by atoms with Gasteiger partial charge in [0.1, 0.15) is 5.75 Å². The van der Waals surface area contributed by atoms with E-state index in [4.69, 9.17) is 0 Å². The van der Waals surface area contributed by atoms with Crippen molar-refractivity contribution in [1.82, 2.24) is 10.2 Å². The second-order valence-corrected chi connectivity index (χ2v) is 7.29. The Bertz CT molecular complexity index is 470. The van der Waals surface area contributed by atoms with E-state index >= 15 is 0 Å². The van der Waals surface area contributed by atoms with E-state index in [1.54, 1.807) is 6.07 Å². The molecule has 0 amide bonds. The highest BCUT2D eigenvalue weighted by atomic mass is 79.9. The first-order chi connectivity index (χ1) is 9.98. The van der Waals surface area contributed by atoms with Gasteiger partial charge in [0.25, 0.3) is 0 Å². The fraction of sp³-hybridized carbons (Fsp3) is 0.647. The van der Waals surface area contributed by atoms with E-state index in [9.17, 15) is 5.11 Å². The van der Waals surface area contributed by atoms with Crippen molar-refractivity contribution in [3.8, 4) is 5.75 Å². The molecule has 118 valence electrons. The molecule has 1 aromatic carbocycles. The number of likely N-dealkylation sites (N-methyl/N-ethyl adjacent to an activating group) is 1. The van der Waals surface area contributed by atoms with E-state index in [0.29, 0.717) is 5.75 Å². The van der Waals surface area contributed by atoms with Crippen molar-refractivity contribution in [3.63, 3.8) is 0 Å². The Kier molecular flexibility index (Phi) is 5.69. The smallest absolute Gasteiger partial charge is 0.120 e. The normalized spacial score (nSPS) is 19.1. The molecular formula is C17H27BrN2O. The zero-order valence-electron chi connectivity index (χ0n) is 13.3. The van der Waals surface area contributed by atoms with Gasteiger partial charge in [-0.25, -0.2) is 0 Å². The number of benzene rings is 1. The summed E-state index contributed by atoms with van der Waals surface area (Å²) in [4.78, 5) is 2.38. The van der Waals surface area contributed by atoms with Crippen LogP contribution in [0.5, 0.6) is 5.75 Å². The van der Waals surface area contributed by atoms with Gasteiger partial charge in [-0.1, -0.05) is 35.7 Å². The molecule has 1 aliphatic carbocycles. The summed E-state index contributed by atoms with van der Waals surface area (Å²) in [5, 5.41) is 13.8. The lowest BCUT2D eigenvalue weighted by molar-refractivity contribution is 0.148. The average molecular weight is 355 g/mol. The summed E-state index contributed by atoms with van der Waals surface area (Å²) in [6, 6.07) is 5.86. The zero-order valence-corrected chi connectivity index (χ0v) is 14.9. The van der Waals surface area contributed by atoms with Gasteiger partial charge in [-0.2, -0.15) is 0 Å². The van der Waals surface area contributed by atoms with Crippen molar-refractivity contribution in [3.05, 3.63) is 28.2 Å². The lowest BCUT2D eigenvalue weighted by Gasteiger charge is -2.38. The Balaban J connectivity index is 2.10.